The number of carbonyl (C=O) groups is 1. The van der Waals surface area contributed by atoms with Gasteiger partial charge in [0.15, 0.2) is 11.5 Å². The van der Waals surface area contributed by atoms with Gasteiger partial charge in [-0.15, -0.1) is 0 Å². The number of imidazole rings is 1. The average molecular weight is 437 g/mol. The molecule has 2 aliphatic rings. The van der Waals surface area contributed by atoms with Gasteiger partial charge in [0.05, 0.1) is 32.2 Å². The second kappa shape index (κ2) is 10.5. The van der Waals surface area contributed by atoms with E-state index in [1.165, 1.54) is 0 Å². The number of hydrogen-bond donors (Lipinski definition) is 0. The summed E-state index contributed by atoms with van der Waals surface area (Å²) in [6.07, 6.45) is 15.8. The van der Waals surface area contributed by atoms with Crippen LogP contribution in [0.15, 0.2) is 54.2 Å². The summed E-state index contributed by atoms with van der Waals surface area (Å²) in [7, 11) is 3.27. The highest BCUT2D eigenvalue weighted by Gasteiger charge is 2.39. The molecule has 7 heteroatoms. The van der Waals surface area contributed by atoms with Crippen LogP contribution in [0.1, 0.15) is 44.1 Å². The van der Waals surface area contributed by atoms with E-state index in [0.717, 1.165) is 56.3 Å². The number of amides is 1. The van der Waals surface area contributed by atoms with Gasteiger partial charge in [-0.2, -0.15) is 5.10 Å². The van der Waals surface area contributed by atoms with Gasteiger partial charge >= 0.3 is 0 Å². The number of nitrogens with zero attached hydrogens (tertiary/aromatic N) is 4. The zero-order valence-corrected chi connectivity index (χ0v) is 18.9. The van der Waals surface area contributed by atoms with Crippen LogP contribution in [-0.2, 0) is 11.3 Å². The van der Waals surface area contributed by atoms with Crippen molar-refractivity contribution in [3.8, 4) is 11.5 Å². The van der Waals surface area contributed by atoms with Gasteiger partial charge in [-0.05, 0) is 43.9 Å². The Bertz CT molecular complexity index is 968. The van der Waals surface area contributed by atoms with Crippen LogP contribution >= 0.6 is 0 Å². The lowest BCUT2D eigenvalue weighted by atomic mass is 9.76. The number of aryl methyl sites for hydroxylation is 1. The maximum Gasteiger partial charge on any atom is 0.246 e. The Balaban J connectivity index is 1.44. The van der Waals surface area contributed by atoms with Crippen LogP contribution in [0, 0.1) is 11.8 Å². The maximum atomic E-state index is 13.2. The standard InChI is InChI=1S/C25H32N4O3/c1-31-22-12-11-19(17-23(22)32-2)24-20-9-5-6-10-21(20)25(30)29(27-24)15-8-4-3-7-14-28-16-13-26-18-28/h5-6,11-13,16-18,20-21H,3-4,7-10,14-15H2,1-2H3/t20-,21+/m1/s1. The highest BCUT2D eigenvalue weighted by Crippen LogP contribution is 2.37. The van der Waals surface area contributed by atoms with Gasteiger partial charge < -0.3 is 14.0 Å². The Morgan fingerprint density at radius 1 is 0.969 bits per heavy atom. The van der Waals surface area contributed by atoms with Crippen LogP contribution in [0.3, 0.4) is 0 Å². The molecule has 2 atom stereocenters. The van der Waals surface area contributed by atoms with Crippen LogP contribution in [0.25, 0.3) is 0 Å². The largest absolute Gasteiger partial charge is 0.493 e. The van der Waals surface area contributed by atoms with E-state index in [4.69, 9.17) is 14.6 Å². The van der Waals surface area contributed by atoms with E-state index < -0.39 is 0 Å². The van der Waals surface area contributed by atoms with Gasteiger partial charge in [0.1, 0.15) is 0 Å². The highest BCUT2D eigenvalue weighted by atomic mass is 16.5. The molecule has 4 rings (SSSR count). The molecule has 0 bridgehead atoms. The third kappa shape index (κ3) is 4.87. The zero-order chi connectivity index (χ0) is 22.3. The molecule has 170 valence electrons. The van der Waals surface area contributed by atoms with Crippen molar-refractivity contribution < 1.29 is 14.3 Å². The molecule has 32 heavy (non-hydrogen) atoms. The van der Waals surface area contributed by atoms with E-state index in [0.29, 0.717) is 18.0 Å². The molecule has 1 aromatic heterocycles. The molecule has 0 N–H and O–H groups in total. The Hall–Kier alpha value is -3.09. The van der Waals surface area contributed by atoms with Crippen molar-refractivity contribution in [1.82, 2.24) is 14.6 Å². The first-order chi connectivity index (χ1) is 15.7. The van der Waals surface area contributed by atoms with Crippen molar-refractivity contribution in [3.05, 3.63) is 54.6 Å². The Kier molecular flexibility index (Phi) is 7.24. The first-order valence-corrected chi connectivity index (χ1v) is 11.4. The molecule has 1 amide bonds. The quantitative estimate of drug-likeness (QED) is 0.412. The first kappa shape index (κ1) is 22.1. The molecule has 0 spiro atoms. The van der Waals surface area contributed by atoms with E-state index in [1.807, 2.05) is 36.9 Å². The summed E-state index contributed by atoms with van der Waals surface area (Å²) in [6.45, 7) is 1.65. The minimum Gasteiger partial charge on any atom is -0.493 e. The fraction of sp³-hybridized carbons (Fsp3) is 0.480. The molecule has 7 nitrogen and oxygen atoms in total. The number of carbonyl (C=O) groups excluding carboxylic acids is 1. The number of methoxy groups -OCH3 is 2. The predicted molar refractivity (Wildman–Crippen MR) is 124 cm³/mol. The smallest absolute Gasteiger partial charge is 0.246 e. The van der Waals surface area contributed by atoms with Crippen molar-refractivity contribution >= 4 is 11.6 Å². The van der Waals surface area contributed by atoms with Gasteiger partial charge in [-0.3, -0.25) is 4.79 Å². The van der Waals surface area contributed by atoms with E-state index in [9.17, 15) is 4.79 Å². The second-order valence-corrected chi connectivity index (χ2v) is 8.39. The van der Waals surface area contributed by atoms with Crippen LogP contribution in [0.2, 0.25) is 0 Å². The second-order valence-electron chi connectivity index (χ2n) is 8.39. The van der Waals surface area contributed by atoms with Crippen molar-refractivity contribution in [2.24, 2.45) is 16.9 Å². The molecule has 1 aromatic carbocycles. The molecule has 0 unspecified atom stereocenters. The van der Waals surface area contributed by atoms with Crippen LogP contribution in [0.5, 0.6) is 11.5 Å². The number of hydrogen-bond acceptors (Lipinski definition) is 5. The molecule has 2 aromatic rings. The maximum absolute atomic E-state index is 13.2. The summed E-state index contributed by atoms with van der Waals surface area (Å²) in [5.41, 5.74) is 1.96. The summed E-state index contributed by atoms with van der Waals surface area (Å²) < 4.78 is 13.0. The lowest BCUT2D eigenvalue weighted by molar-refractivity contribution is -0.137. The van der Waals surface area contributed by atoms with Gasteiger partial charge in [-0.1, -0.05) is 25.0 Å². The number of aromatic nitrogens is 2. The number of allylic oxidation sites excluding steroid dienone is 2. The third-order valence-electron chi connectivity index (χ3n) is 6.36. The lowest BCUT2D eigenvalue weighted by Gasteiger charge is -2.37. The Labute approximate surface area is 189 Å². The molecule has 1 aliphatic carbocycles. The number of ether oxygens (including phenoxy) is 2. The molecule has 2 heterocycles. The predicted octanol–water partition coefficient (Wildman–Crippen LogP) is 4.29. The fourth-order valence-electron chi connectivity index (χ4n) is 4.59. The summed E-state index contributed by atoms with van der Waals surface area (Å²) in [5, 5.41) is 6.58. The first-order valence-electron chi connectivity index (χ1n) is 11.4. The summed E-state index contributed by atoms with van der Waals surface area (Å²) in [4.78, 5) is 17.2. The molecular weight excluding hydrogens is 404 g/mol. The minimum atomic E-state index is -0.0400. The summed E-state index contributed by atoms with van der Waals surface area (Å²) in [6, 6.07) is 5.89. The van der Waals surface area contributed by atoms with Crippen molar-refractivity contribution in [2.75, 3.05) is 20.8 Å². The number of rotatable bonds is 10. The minimum absolute atomic E-state index is 0.0400. The highest BCUT2D eigenvalue weighted by molar-refractivity contribution is 6.07. The summed E-state index contributed by atoms with van der Waals surface area (Å²) >= 11 is 0. The normalized spacial score (nSPS) is 20.1. The van der Waals surface area contributed by atoms with Gasteiger partial charge in [0, 0.05) is 37.0 Å². The average Bonchev–Trinajstić information content (AvgIpc) is 3.36. The van der Waals surface area contributed by atoms with E-state index in [2.05, 4.69) is 21.7 Å². The number of unbranched alkanes of at least 4 members (excludes halogenated alkanes) is 3. The molecule has 0 fully saturated rings. The van der Waals surface area contributed by atoms with E-state index in [-0.39, 0.29) is 17.7 Å². The molecule has 0 saturated carbocycles. The zero-order valence-electron chi connectivity index (χ0n) is 18.9. The van der Waals surface area contributed by atoms with Crippen LogP contribution in [-0.4, -0.2) is 46.9 Å². The number of hydrazone groups is 1. The monoisotopic (exact) mass is 436 g/mol. The van der Waals surface area contributed by atoms with Crippen molar-refractivity contribution in [1.29, 1.82) is 0 Å². The molecule has 1 aliphatic heterocycles. The fourth-order valence-corrected chi connectivity index (χ4v) is 4.59. The number of fused-ring (bicyclic) bond motifs is 1. The van der Waals surface area contributed by atoms with Gasteiger partial charge in [0.25, 0.3) is 0 Å². The van der Waals surface area contributed by atoms with E-state index >= 15 is 0 Å². The van der Waals surface area contributed by atoms with Crippen molar-refractivity contribution in [3.63, 3.8) is 0 Å². The van der Waals surface area contributed by atoms with Gasteiger partial charge in [0.2, 0.25) is 5.91 Å². The summed E-state index contributed by atoms with van der Waals surface area (Å²) in [5.74, 6) is 1.59. The van der Waals surface area contributed by atoms with Crippen LogP contribution < -0.4 is 9.47 Å². The van der Waals surface area contributed by atoms with E-state index in [1.54, 1.807) is 19.2 Å². The Morgan fingerprint density at radius 3 is 2.44 bits per heavy atom. The SMILES string of the molecule is COc1ccc(C2=NN(CCCCCCn3ccnc3)C(=O)[C@H]3CC=CC[C@@H]23)cc1OC. The Morgan fingerprint density at radius 2 is 1.72 bits per heavy atom. The third-order valence-corrected chi connectivity index (χ3v) is 6.36. The molecule has 0 saturated heterocycles. The van der Waals surface area contributed by atoms with Crippen LogP contribution in [0.4, 0.5) is 0 Å². The number of benzene rings is 1. The molecule has 0 radical (unpaired) electrons. The molecular formula is C25H32N4O3. The van der Waals surface area contributed by atoms with Gasteiger partial charge in [-0.25, -0.2) is 9.99 Å². The topological polar surface area (TPSA) is 69.0 Å². The van der Waals surface area contributed by atoms with Crippen molar-refractivity contribution in [2.45, 2.75) is 45.1 Å². The lowest BCUT2D eigenvalue weighted by Crippen LogP contribution is -2.45.